The number of anilines is 3. The summed E-state index contributed by atoms with van der Waals surface area (Å²) in [6.07, 6.45) is -4.45. The molecule has 2 amide bonds. The summed E-state index contributed by atoms with van der Waals surface area (Å²) < 4.78 is 43.4. The number of ether oxygens (including phenoxy) is 1. The highest BCUT2D eigenvalue weighted by molar-refractivity contribution is 5.99. The fourth-order valence-electron chi connectivity index (χ4n) is 2.64. The van der Waals surface area contributed by atoms with E-state index in [1.54, 1.807) is 12.1 Å². The van der Waals surface area contributed by atoms with E-state index in [2.05, 4.69) is 15.5 Å². The molecule has 0 aromatic heterocycles. The maximum atomic E-state index is 12.7. The van der Waals surface area contributed by atoms with Gasteiger partial charge in [-0.05, 0) is 42.5 Å². The first kappa shape index (κ1) is 18.1. The highest BCUT2D eigenvalue weighted by Crippen LogP contribution is 2.30. The topological polar surface area (TPSA) is 53.6 Å². The van der Waals surface area contributed by atoms with Gasteiger partial charge in [-0.15, -0.1) is 0 Å². The quantitative estimate of drug-likeness (QED) is 0.858. The Kier molecular flexibility index (Phi) is 5.32. The van der Waals surface area contributed by atoms with Gasteiger partial charge in [0.1, 0.15) is 0 Å². The highest BCUT2D eigenvalue weighted by Gasteiger charge is 2.30. The molecule has 1 aliphatic heterocycles. The van der Waals surface area contributed by atoms with Gasteiger partial charge in [-0.1, -0.05) is 6.07 Å². The molecule has 1 heterocycles. The van der Waals surface area contributed by atoms with Gasteiger partial charge in [-0.25, -0.2) is 4.79 Å². The van der Waals surface area contributed by atoms with Crippen molar-refractivity contribution in [3.63, 3.8) is 0 Å². The number of rotatable bonds is 3. The molecule has 0 aliphatic carbocycles. The minimum absolute atomic E-state index is 0.0715. The summed E-state index contributed by atoms with van der Waals surface area (Å²) >= 11 is 0. The van der Waals surface area contributed by atoms with Crippen molar-refractivity contribution < 1.29 is 22.7 Å². The normalized spacial score (nSPS) is 14.8. The number of carbonyl (C=O) groups excluding carboxylic acids is 1. The van der Waals surface area contributed by atoms with Gasteiger partial charge in [0.25, 0.3) is 0 Å². The summed E-state index contributed by atoms with van der Waals surface area (Å²) in [5.41, 5.74) is 0.830. The molecule has 2 N–H and O–H groups in total. The molecule has 1 aliphatic rings. The van der Waals surface area contributed by atoms with E-state index in [0.29, 0.717) is 18.9 Å². The lowest BCUT2D eigenvalue weighted by Crippen LogP contribution is -2.36. The van der Waals surface area contributed by atoms with E-state index in [9.17, 15) is 18.0 Å². The Balaban J connectivity index is 1.59. The van der Waals surface area contributed by atoms with Gasteiger partial charge in [0, 0.05) is 30.2 Å². The van der Waals surface area contributed by atoms with Gasteiger partial charge >= 0.3 is 12.2 Å². The first-order chi connectivity index (χ1) is 12.4. The number of halogens is 3. The van der Waals surface area contributed by atoms with Crippen LogP contribution in [0.15, 0.2) is 48.5 Å². The Bertz CT molecular complexity index is 757. The van der Waals surface area contributed by atoms with Crippen molar-refractivity contribution in [3.05, 3.63) is 54.1 Å². The average Bonchev–Trinajstić information content (AvgIpc) is 2.62. The van der Waals surface area contributed by atoms with Crippen LogP contribution in [0.3, 0.4) is 0 Å². The smallest absolute Gasteiger partial charge is 0.378 e. The van der Waals surface area contributed by atoms with Crippen molar-refractivity contribution in [3.8, 4) is 0 Å². The van der Waals surface area contributed by atoms with Crippen LogP contribution in [0, 0.1) is 0 Å². The maximum Gasteiger partial charge on any atom is 0.416 e. The van der Waals surface area contributed by atoms with E-state index < -0.39 is 17.8 Å². The zero-order valence-corrected chi connectivity index (χ0v) is 13.8. The van der Waals surface area contributed by atoms with Gasteiger partial charge in [-0.3, -0.25) is 0 Å². The van der Waals surface area contributed by atoms with Crippen LogP contribution < -0.4 is 15.5 Å². The van der Waals surface area contributed by atoms with E-state index in [1.165, 1.54) is 12.1 Å². The highest BCUT2D eigenvalue weighted by atomic mass is 19.4. The van der Waals surface area contributed by atoms with Crippen molar-refractivity contribution in [2.45, 2.75) is 6.18 Å². The summed E-state index contributed by atoms with van der Waals surface area (Å²) in [6, 6.07) is 11.1. The number of urea groups is 1. The molecular weight excluding hydrogens is 347 g/mol. The van der Waals surface area contributed by atoms with Crippen molar-refractivity contribution >= 4 is 23.1 Å². The molecule has 3 rings (SSSR count). The number of benzene rings is 2. The minimum Gasteiger partial charge on any atom is -0.378 e. The van der Waals surface area contributed by atoms with Gasteiger partial charge in [0.2, 0.25) is 0 Å². The number of amides is 2. The summed E-state index contributed by atoms with van der Waals surface area (Å²) in [6.45, 7) is 2.98. The predicted molar refractivity (Wildman–Crippen MR) is 93.6 cm³/mol. The fourth-order valence-corrected chi connectivity index (χ4v) is 2.64. The van der Waals surface area contributed by atoms with Crippen LogP contribution in [0.4, 0.5) is 35.0 Å². The number of alkyl halides is 3. The lowest BCUT2D eigenvalue weighted by Gasteiger charge is -2.28. The van der Waals surface area contributed by atoms with Gasteiger partial charge in [-0.2, -0.15) is 13.2 Å². The molecule has 1 fully saturated rings. The zero-order valence-electron chi connectivity index (χ0n) is 13.8. The second kappa shape index (κ2) is 7.65. The van der Waals surface area contributed by atoms with Gasteiger partial charge in [0.05, 0.1) is 18.8 Å². The Hall–Kier alpha value is -2.74. The van der Waals surface area contributed by atoms with Crippen LogP contribution >= 0.6 is 0 Å². The van der Waals surface area contributed by atoms with Crippen molar-refractivity contribution in [2.24, 2.45) is 0 Å². The third kappa shape index (κ3) is 4.66. The molecule has 26 heavy (non-hydrogen) atoms. The first-order valence-corrected chi connectivity index (χ1v) is 8.10. The number of hydrogen-bond acceptors (Lipinski definition) is 3. The molecule has 8 heteroatoms. The Morgan fingerprint density at radius 1 is 0.962 bits per heavy atom. The molecule has 138 valence electrons. The number of morpholine rings is 1. The summed E-state index contributed by atoms with van der Waals surface area (Å²) in [5, 5.41) is 5.01. The Labute approximate surface area is 148 Å². The molecule has 0 bridgehead atoms. The average molecular weight is 365 g/mol. The second-order valence-electron chi connectivity index (χ2n) is 5.80. The van der Waals surface area contributed by atoms with Crippen molar-refractivity contribution in [1.29, 1.82) is 0 Å². The van der Waals surface area contributed by atoms with Crippen LogP contribution in [-0.4, -0.2) is 32.3 Å². The third-order valence-corrected chi connectivity index (χ3v) is 3.95. The van der Waals surface area contributed by atoms with Crippen LogP contribution in [-0.2, 0) is 10.9 Å². The second-order valence-corrected chi connectivity index (χ2v) is 5.80. The van der Waals surface area contributed by atoms with Gasteiger partial charge < -0.3 is 20.3 Å². The lowest BCUT2D eigenvalue weighted by molar-refractivity contribution is -0.137. The molecule has 0 atom stereocenters. The molecule has 0 unspecified atom stereocenters. The summed E-state index contributed by atoms with van der Waals surface area (Å²) in [7, 11) is 0. The van der Waals surface area contributed by atoms with Gasteiger partial charge in [0.15, 0.2) is 0 Å². The molecule has 0 radical (unpaired) electrons. The van der Waals surface area contributed by atoms with E-state index in [0.717, 1.165) is 30.9 Å². The van der Waals surface area contributed by atoms with E-state index in [-0.39, 0.29) is 5.69 Å². The number of nitrogens with one attached hydrogen (secondary N) is 2. The van der Waals surface area contributed by atoms with Crippen LogP contribution in [0.25, 0.3) is 0 Å². The van der Waals surface area contributed by atoms with E-state index >= 15 is 0 Å². The predicted octanol–water partition coefficient (Wildman–Crippen LogP) is 4.19. The number of carbonyl (C=O) groups is 1. The Morgan fingerprint density at radius 3 is 2.27 bits per heavy atom. The first-order valence-electron chi connectivity index (χ1n) is 8.10. The molecular formula is C18H18F3N3O2. The number of hydrogen-bond donors (Lipinski definition) is 2. The molecule has 2 aromatic rings. The molecule has 2 aromatic carbocycles. The van der Waals surface area contributed by atoms with Crippen LogP contribution in [0.5, 0.6) is 0 Å². The molecule has 0 saturated carbocycles. The summed E-state index contributed by atoms with van der Waals surface area (Å²) in [5.74, 6) is 0. The van der Waals surface area contributed by atoms with Crippen LogP contribution in [0.2, 0.25) is 0 Å². The summed E-state index contributed by atoms with van der Waals surface area (Å²) in [4.78, 5) is 14.2. The standard InChI is InChI=1S/C18H18F3N3O2/c19-18(20,21)13-2-1-3-15(12-13)23-17(25)22-14-4-6-16(7-5-14)24-8-10-26-11-9-24/h1-7,12H,8-11H2,(H2,22,23,25). The number of nitrogens with zero attached hydrogens (tertiary/aromatic N) is 1. The largest absolute Gasteiger partial charge is 0.416 e. The van der Waals surface area contributed by atoms with E-state index in [1.807, 2.05) is 12.1 Å². The third-order valence-electron chi connectivity index (χ3n) is 3.95. The minimum atomic E-state index is -4.45. The molecule has 0 spiro atoms. The fraction of sp³-hybridized carbons (Fsp3) is 0.278. The van der Waals surface area contributed by atoms with E-state index in [4.69, 9.17) is 4.74 Å². The molecule has 5 nitrogen and oxygen atoms in total. The zero-order chi connectivity index (χ0) is 18.6. The Morgan fingerprint density at radius 2 is 1.62 bits per heavy atom. The lowest BCUT2D eigenvalue weighted by atomic mass is 10.2. The monoisotopic (exact) mass is 365 g/mol. The van der Waals surface area contributed by atoms with Crippen LogP contribution in [0.1, 0.15) is 5.56 Å². The molecule has 1 saturated heterocycles. The SMILES string of the molecule is O=C(Nc1ccc(N2CCOCC2)cc1)Nc1cccc(C(F)(F)F)c1. The van der Waals surface area contributed by atoms with Crippen molar-refractivity contribution in [1.82, 2.24) is 0 Å². The van der Waals surface area contributed by atoms with Crippen molar-refractivity contribution in [2.75, 3.05) is 41.8 Å². The maximum absolute atomic E-state index is 12.7.